The van der Waals surface area contributed by atoms with Gasteiger partial charge in [-0.25, -0.2) is 4.39 Å². The van der Waals surface area contributed by atoms with Crippen LogP contribution in [0.3, 0.4) is 0 Å². The minimum absolute atomic E-state index is 0.174. The molecule has 2 aliphatic rings. The molecule has 0 aliphatic carbocycles. The van der Waals surface area contributed by atoms with Crippen molar-refractivity contribution < 1.29 is 14.0 Å². The lowest BCUT2D eigenvalue weighted by Crippen LogP contribution is -2.53. The minimum Gasteiger partial charge on any atom is -0.339 e. The van der Waals surface area contributed by atoms with Crippen molar-refractivity contribution in [3.63, 3.8) is 0 Å². The van der Waals surface area contributed by atoms with E-state index in [0.29, 0.717) is 48.8 Å². The predicted molar refractivity (Wildman–Crippen MR) is 101 cm³/mol. The summed E-state index contributed by atoms with van der Waals surface area (Å²) in [6, 6.07) is 4.47. The quantitative estimate of drug-likeness (QED) is 0.747. The molecule has 0 unspecified atom stereocenters. The molecule has 2 saturated heterocycles. The van der Waals surface area contributed by atoms with Gasteiger partial charge in [0.1, 0.15) is 5.82 Å². The second-order valence-electron chi connectivity index (χ2n) is 7.12. The smallest absolute Gasteiger partial charge is 0.255 e. The van der Waals surface area contributed by atoms with Gasteiger partial charge in [-0.15, -0.1) is 0 Å². The molecule has 0 spiro atoms. The van der Waals surface area contributed by atoms with Crippen molar-refractivity contribution >= 4 is 27.7 Å². The first-order valence-corrected chi connectivity index (χ1v) is 10.0. The lowest BCUT2D eigenvalue weighted by molar-refractivity contribution is -0.136. The van der Waals surface area contributed by atoms with Gasteiger partial charge in [-0.05, 0) is 60.3 Å². The van der Waals surface area contributed by atoms with E-state index in [4.69, 9.17) is 0 Å². The van der Waals surface area contributed by atoms with E-state index >= 15 is 0 Å². The number of amides is 2. The maximum atomic E-state index is 13.4. The number of carbonyl (C=O) groups is 2. The van der Waals surface area contributed by atoms with Crippen LogP contribution in [0.4, 0.5) is 4.39 Å². The van der Waals surface area contributed by atoms with E-state index in [9.17, 15) is 14.0 Å². The third kappa shape index (κ3) is 4.43. The summed E-state index contributed by atoms with van der Waals surface area (Å²) < 4.78 is 14.0. The third-order valence-corrected chi connectivity index (χ3v) is 5.99. The van der Waals surface area contributed by atoms with E-state index in [2.05, 4.69) is 27.8 Å². The van der Waals surface area contributed by atoms with Crippen LogP contribution in [0.2, 0.25) is 0 Å². The number of rotatable bonds is 3. The fourth-order valence-corrected chi connectivity index (χ4v) is 4.11. The Bertz CT molecular complexity index is 677. The number of piperidine rings is 1. The molecule has 0 aromatic heterocycles. The minimum atomic E-state index is -0.420. The molecule has 0 bridgehead atoms. The lowest BCUT2D eigenvalue weighted by Gasteiger charge is -2.38. The standard InChI is InChI=1S/C19H25BrFN3O2/c1-14-4-2-3-7-24(14)18(25)13-22-8-10-23(11-9-22)19(26)16-12-15(21)5-6-17(16)20/h5-6,12,14H,2-4,7-11,13H2,1H3/t14-/m1/s1. The third-order valence-electron chi connectivity index (χ3n) is 5.30. The number of nitrogens with zero attached hydrogens (tertiary/aromatic N) is 3. The van der Waals surface area contributed by atoms with Gasteiger partial charge in [0.2, 0.25) is 5.91 Å². The maximum Gasteiger partial charge on any atom is 0.255 e. The summed E-state index contributed by atoms with van der Waals surface area (Å²) >= 11 is 3.32. The van der Waals surface area contributed by atoms with Crippen LogP contribution in [0.5, 0.6) is 0 Å². The fourth-order valence-electron chi connectivity index (χ4n) is 3.69. The topological polar surface area (TPSA) is 43.9 Å². The number of hydrogen-bond donors (Lipinski definition) is 0. The molecule has 7 heteroatoms. The first-order chi connectivity index (χ1) is 12.5. The van der Waals surface area contributed by atoms with Crippen LogP contribution < -0.4 is 0 Å². The molecule has 0 N–H and O–H groups in total. The zero-order valence-corrected chi connectivity index (χ0v) is 16.7. The molecular formula is C19H25BrFN3O2. The van der Waals surface area contributed by atoms with Gasteiger partial charge in [-0.1, -0.05) is 0 Å². The summed E-state index contributed by atoms with van der Waals surface area (Å²) in [6.07, 6.45) is 3.36. The average Bonchev–Trinajstić information content (AvgIpc) is 2.64. The second kappa shape index (κ2) is 8.48. The van der Waals surface area contributed by atoms with E-state index in [1.165, 1.54) is 18.6 Å². The highest BCUT2D eigenvalue weighted by atomic mass is 79.9. The van der Waals surface area contributed by atoms with Crippen LogP contribution in [0.25, 0.3) is 0 Å². The van der Waals surface area contributed by atoms with Crippen molar-refractivity contribution in [3.8, 4) is 0 Å². The van der Waals surface area contributed by atoms with Crippen LogP contribution in [0.15, 0.2) is 22.7 Å². The maximum absolute atomic E-state index is 13.4. The molecule has 142 valence electrons. The Morgan fingerprint density at radius 2 is 1.88 bits per heavy atom. The van der Waals surface area contributed by atoms with Crippen LogP contribution in [0, 0.1) is 5.82 Å². The van der Waals surface area contributed by atoms with Gasteiger partial charge in [-0.2, -0.15) is 0 Å². The number of benzene rings is 1. The summed E-state index contributed by atoms with van der Waals surface area (Å²) in [6.45, 7) is 5.79. The number of likely N-dealkylation sites (tertiary alicyclic amines) is 1. The molecule has 2 fully saturated rings. The molecule has 1 atom stereocenters. The van der Waals surface area contributed by atoms with Crippen molar-refractivity contribution in [2.45, 2.75) is 32.2 Å². The molecule has 1 aromatic rings. The van der Waals surface area contributed by atoms with Gasteiger partial charge in [0.25, 0.3) is 5.91 Å². The van der Waals surface area contributed by atoms with Crippen molar-refractivity contribution in [1.82, 2.24) is 14.7 Å². The summed E-state index contributed by atoms with van der Waals surface area (Å²) in [5.41, 5.74) is 0.344. The van der Waals surface area contributed by atoms with Crippen molar-refractivity contribution in [2.24, 2.45) is 0 Å². The van der Waals surface area contributed by atoms with Gasteiger partial charge in [0, 0.05) is 43.2 Å². The molecule has 26 heavy (non-hydrogen) atoms. The molecule has 0 saturated carbocycles. The van der Waals surface area contributed by atoms with Crippen LogP contribution >= 0.6 is 15.9 Å². The summed E-state index contributed by atoms with van der Waals surface area (Å²) in [5, 5.41) is 0. The lowest BCUT2D eigenvalue weighted by atomic mass is 10.0. The Hall–Kier alpha value is -1.47. The highest BCUT2D eigenvalue weighted by Crippen LogP contribution is 2.21. The monoisotopic (exact) mass is 425 g/mol. The Morgan fingerprint density at radius 3 is 2.58 bits per heavy atom. The van der Waals surface area contributed by atoms with Crippen LogP contribution in [-0.2, 0) is 4.79 Å². The molecule has 3 rings (SSSR count). The van der Waals surface area contributed by atoms with Crippen molar-refractivity contribution in [1.29, 1.82) is 0 Å². The van der Waals surface area contributed by atoms with E-state index in [0.717, 1.165) is 19.4 Å². The van der Waals surface area contributed by atoms with E-state index in [1.807, 2.05) is 4.90 Å². The van der Waals surface area contributed by atoms with E-state index < -0.39 is 5.82 Å². The number of carbonyl (C=O) groups excluding carboxylic acids is 2. The van der Waals surface area contributed by atoms with Gasteiger partial charge < -0.3 is 9.80 Å². The normalized spacial score (nSPS) is 21.7. The molecule has 0 radical (unpaired) electrons. The summed E-state index contributed by atoms with van der Waals surface area (Å²) in [4.78, 5) is 31.0. The number of hydrogen-bond acceptors (Lipinski definition) is 3. The fraction of sp³-hybridized carbons (Fsp3) is 0.579. The van der Waals surface area contributed by atoms with Crippen LogP contribution in [0.1, 0.15) is 36.5 Å². The van der Waals surface area contributed by atoms with Crippen molar-refractivity contribution in [3.05, 3.63) is 34.1 Å². The number of piperazine rings is 1. The molecule has 2 aliphatic heterocycles. The Balaban J connectivity index is 1.53. The molecule has 2 heterocycles. The first kappa shape index (κ1) is 19.3. The highest BCUT2D eigenvalue weighted by Gasteiger charge is 2.28. The Morgan fingerprint density at radius 1 is 1.15 bits per heavy atom. The largest absolute Gasteiger partial charge is 0.339 e. The van der Waals surface area contributed by atoms with Gasteiger partial charge in [0.15, 0.2) is 0 Å². The predicted octanol–water partition coefficient (Wildman–Crippen LogP) is 2.75. The van der Waals surface area contributed by atoms with Crippen molar-refractivity contribution in [2.75, 3.05) is 39.3 Å². The van der Waals surface area contributed by atoms with Gasteiger partial charge >= 0.3 is 0 Å². The molecular weight excluding hydrogens is 401 g/mol. The zero-order valence-electron chi connectivity index (χ0n) is 15.1. The average molecular weight is 426 g/mol. The first-order valence-electron chi connectivity index (χ1n) is 9.22. The Labute approximate surface area is 162 Å². The van der Waals surface area contributed by atoms with E-state index in [-0.39, 0.29) is 11.8 Å². The summed E-state index contributed by atoms with van der Waals surface area (Å²) in [5.74, 6) is -0.409. The van der Waals surface area contributed by atoms with Gasteiger partial charge in [0.05, 0.1) is 12.1 Å². The molecule has 2 amide bonds. The van der Waals surface area contributed by atoms with E-state index in [1.54, 1.807) is 11.0 Å². The highest BCUT2D eigenvalue weighted by molar-refractivity contribution is 9.10. The molecule has 1 aromatic carbocycles. The molecule has 5 nitrogen and oxygen atoms in total. The zero-order chi connectivity index (χ0) is 18.7. The van der Waals surface area contributed by atoms with Crippen LogP contribution in [-0.4, -0.2) is 71.8 Å². The number of halogens is 2. The summed E-state index contributed by atoms with van der Waals surface area (Å²) in [7, 11) is 0. The second-order valence-corrected chi connectivity index (χ2v) is 7.98. The van der Waals surface area contributed by atoms with Gasteiger partial charge in [-0.3, -0.25) is 14.5 Å². The SMILES string of the molecule is C[C@@H]1CCCCN1C(=O)CN1CCN(C(=O)c2cc(F)ccc2Br)CC1. The Kier molecular flexibility index (Phi) is 6.29.